The molecule has 1 nitrogen and oxygen atoms in total. The lowest BCUT2D eigenvalue weighted by Gasteiger charge is -2.06. The van der Waals surface area contributed by atoms with Gasteiger partial charge in [-0.25, -0.2) is 0 Å². The van der Waals surface area contributed by atoms with Crippen molar-refractivity contribution in [1.29, 1.82) is 0 Å². The van der Waals surface area contributed by atoms with Gasteiger partial charge in [-0.1, -0.05) is 54.6 Å². The van der Waals surface area contributed by atoms with Crippen LogP contribution in [0.4, 0.5) is 0 Å². The van der Waals surface area contributed by atoms with Crippen molar-refractivity contribution in [2.75, 3.05) is 6.61 Å². The first kappa shape index (κ1) is 10.3. The number of hydrogen-bond acceptors (Lipinski definition) is 1. The van der Waals surface area contributed by atoms with Crippen LogP contribution in [0.3, 0.4) is 0 Å². The van der Waals surface area contributed by atoms with E-state index in [0.29, 0.717) is 0 Å². The molecule has 0 saturated carbocycles. The summed E-state index contributed by atoms with van der Waals surface area (Å²) in [7, 11) is 0. The Balaban J connectivity index is 2.34. The Labute approximate surface area is 100 Å². The first-order chi connectivity index (χ1) is 8.38. The van der Waals surface area contributed by atoms with Crippen LogP contribution in [-0.4, -0.2) is 11.7 Å². The minimum absolute atomic E-state index is 0.205. The largest absolute Gasteiger partial charge is 0.396 e. The van der Waals surface area contributed by atoms with Gasteiger partial charge >= 0.3 is 0 Å². The van der Waals surface area contributed by atoms with Gasteiger partial charge in [0.15, 0.2) is 0 Å². The molecule has 84 valence electrons. The smallest absolute Gasteiger partial charge is 0.0471 e. The summed E-state index contributed by atoms with van der Waals surface area (Å²) < 4.78 is 0. The molecular weight excluding hydrogens is 208 g/mol. The molecule has 0 fully saturated rings. The molecule has 0 bridgehead atoms. The van der Waals surface area contributed by atoms with Crippen LogP contribution in [0.2, 0.25) is 0 Å². The lowest BCUT2D eigenvalue weighted by atomic mass is 9.99. The molecule has 0 atom stereocenters. The molecule has 0 radical (unpaired) electrons. The highest BCUT2D eigenvalue weighted by Crippen LogP contribution is 2.26. The number of hydrogen-bond donors (Lipinski definition) is 1. The van der Waals surface area contributed by atoms with Gasteiger partial charge < -0.3 is 5.11 Å². The second kappa shape index (κ2) is 4.19. The van der Waals surface area contributed by atoms with Crippen LogP contribution in [0.1, 0.15) is 5.56 Å². The topological polar surface area (TPSA) is 20.2 Å². The number of aliphatic hydroxyl groups excluding tert-OH is 1. The first-order valence-electron chi connectivity index (χ1n) is 5.90. The molecule has 1 N–H and O–H groups in total. The van der Waals surface area contributed by atoms with Gasteiger partial charge in [0.25, 0.3) is 0 Å². The second-order valence-corrected chi connectivity index (χ2v) is 4.32. The predicted octanol–water partition coefficient (Wildman–Crippen LogP) is 3.53. The fourth-order valence-corrected chi connectivity index (χ4v) is 2.33. The third kappa shape index (κ3) is 1.79. The van der Waals surface area contributed by atoms with E-state index in [1.807, 2.05) is 0 Å². The van der Waals surface area contributed by atoms with Crippen molar-refractivity contribution in [3.05, 3.63) is 60.2 Å². The van der Waals surface area contributed by atoms with Crippen LogP contribution in [0, 0.1) is 0 Å². The summed E-state index contributed by atoms with van der Waals surface area (Å²) in [6.07, 6.45) is 0.721. The van der Waals surface area contributed by atoms with Gasteiger partial charge in [-0.3, -0.25) is 0 Å². The zero-order valence-electron chi connectivity index (χ0n) is 9.56. The van der Waals surface area contributed by atoms with Gasteiger partial charge in [0.05, 0.1) is 0 Å². The fourth-order valence-electron chi connectivity index (χ4n) is 2.33. The number of benzene rings is 3. The van der Waals surface area contributed by atoms with Crippen molar-refractivity contribution in [2.45, 2.75) is 6.42 Å². The summed E-state index contributed by atoms with van der Waals surface area (Å²) in [5.41, 5.74) is 1.19. The number of aliphatic hydroxyl groups is 1. The van der Waals surface area contributed by atoms with E-state index in [0.717, 1.165) is 6.42 Å². The van der Waals surface area contributed by atoms with Gasteiger partial charge in [0.1, 0.15) is 0 Å². The minimum Gasteiger partial charge on any atom is -0.396 e. The summed E-state index contributed by atoms with van der Waals surface area (Å²) >= 11 is 0. The summed E-state index contributed by atoms with van der Waals surface area (Å²) in [5, 5.41) is 14.1. The molecule has 17 heavy (non-hydrogen) atoms. The molecule has 0 heterocycles. The molecule has 1 heteroatoms. The van der Waals surface area contributed by atoms with Crippen molar-refractivity contribution in [3.63, 3.8) is 0 Å². The van der Waals surface area contributed by atoms with E-state index < -0.39 is 0 Å². The normalized spacial score (nSPS) is 11.1. The van der Waals surface area contributed by atoms with Gasteiger partial charge in [0.2, 0.25) is 0 Å². The van der Waals surface area contributed by atoms with Crippen molar-refractivity contribution in [1.82, 2.24) is 0 Å². The Bertz CT molecular complexity index is 670. The lowest BCUT2D eigenvalue weighted by Crippen LogP contribution is -1.90. The molecule has 0 aliphatic carbocycles. The van der Waals surface area contributed by atoms with Crippen molar-refractivity contribution in [2.24, 2.45) is 0 Å². The van der Waals surface area contributed by atoms with E-state index in [4.69, 9.17) is 5.11 Å². The van der Waals surface area contributed by atoms with Crippen LogP contribution in [0.15, 0.2) is 54.6 Å². The molecule has 0 amide bonds. The van der Waals surface area contributed by atoms with Crippen LogP contribution in [-0.2, 0) is 6.42 Å². The molecular formula is C16H14O. The predicted molar refractivity (Wildman–Crippen MR) is 72.2 cm³/mol. The maximum Gasteiger partial charge on any atom is 0.0471 e. The first-order valence-corrected chi connectivity index (χ1v) is 5.90. The van der Waals surface area contributed by atoms with Crippen molar-refractivity contribution in [3.8, 4) is 0 Å². The van der Waals surface area contributed by atoms with E-state index >= 15 is 0 Å². The number of rotatable bonds is 2. The van der Waals surface area contributed by atoms with Crippen molar-refractivity contribution < 1.29 is 5.11 Å². The van der Waals surface area contributed by atoms with E-state index in [-0.39, 0.29) is 6.61 Å². The molecule has 3 aromatic rings. The monoisotopic (exact) mass is 222 g/mol. The van der Waals surface area contributed by atoms with E-state index in [1.54, 1.807) is 0 Å². The molecule has 0 spiro atoms. The maximum absolute atomic E-state index is 9.01. The third-order valence-corrected chi connectivity index (χ3v) is 3.21. The molecule has 0 aromatic heterocycles. The van der Waals surface area contributed by atoms with E-state index in [2.05, 4.69) is 54.6 Å². The highest BCUT2D eigenvalue weighted by Gasteiger charge is 2.01. The molecule has 0 aliphatic rings. The summed E-state index contributed by atoms with van der Waals surface area (Å²) in [6, 6.07) is 19.1. The highest BCUT2D eigenvalue weighted by molar-refractivity contribution is 6.07. The summed E-state index contributed by atoms with van der Waals surface area (Å²) in [6.45, 7) is 0.205. The average molecular weight is 222 g/mol. The van der Waals surface area contributed by atoms with E-state index in [1.165, 1.54) is 27.1 Å². The Morgan fingerprint density at radius 3 is 2.29 bits per heavy atom. The quantitative estimate of drug-likeness (QED) is 0.658. The molecule has 0 unspecified atom stereocenters. The number of fused-ring (bicyclic) bond motifs is 3. The molecule has 0 aliphatic heterocycles. The third-order valence-electron chi connectivity index (χ3n) is 3.21. The lowest BCUT2D eigenvalue weighted by molar-refractivity contribution is 0.299. The van der Waals surface area contributed by atoms with Crippen LogP contribution in [0.5, 0.6) is 0 Å². The Morgan fingerprint density at radius 2 is 1.47 bits per heavy atom. The minimum atomic E-state index is 0.205. The molecule has 3 rings (SSSR count). The fraction of sp³-hybridized carbons (Fsp3) is 0.125. The van der Waals surface area contributed by atoms with E-state index in [9.17, 15) is 0 Å². The van der Waals surface area contributed by atoms with Crippen LogP contribution in [0.25, 0.3) is 21.5 Å². The SMILES string of the molecule is OCCc1ccc2ccc3ccccc3c2c1. The maximum atomic E-state index is 9.01. The highest BCUT2D eigenvalue weighted by atomic mass is 16.2. The Morgan fingerprint density at radius 1 is 0.765 bits per heavy atom. The Hall–Kier alpha value is -1.86. The van der Waals surface area contributed by atoms with Gasteiger partial charge in [-0.15, -0.1) is 0 Å². The van der Waals surface area contributed by atoms with Gasteiger partial charge in [-0.05, 0) is 33.5 Å². The second-order valence-electron chi connectivity index (χ2n) is 4.32. The molecule has 3 aromatic carbocycles. The summed E-state index contributed by atoms with van der Waals surface area (Å²) in [5.74, 6) is 0. The zero-order valence-corrected chi connectivity index (χ0v) is 9.56. The molecule has 0 saturated heterocycles. The van der Waals surface area contributed by atoms with Crippen molar-refractivity contribution >= 4 is 21.5 Å². The van der Waals surface area contributed by atoms with Gasteiger partial charge in [0, 0.05) is 6.61 Å². The van der Waals surface area contributed by atoms with Crippen LogP contribution >= 0.6 is 0 Å². The zero-order chi connectivity index (χ0) is 11.7. The average Bonchev–Trinajstić information content (AvgIpc) is 2.39. The Kier molecular flexibility index (Phi) is 2.54. The van der Waals surface area contributed by atoms with Crippen LogP contribution < -0.4 is 0 Å². The van der Waals surface area contributed by atoms with Gasteiger partial charge in [-0.2, -0.15) is 0 Å². The summed E-state index contributed by atoms with van der Waals surface area (Å²) in [4.78, 5) is 0. The standard InChI is InChI=1S/C16H14O/c17-10-9-12-5-6-14-8-7-13-3-1-2-4-15(13)16(14)11-12/h1-8,11,17H,9-10H2.